The monoisotopic (exact) mass is 362 g/mol. The summed E-state index contributed by atoms with van der Waals surface area (Å²) in [5.74, 6) is 4.06. The smallest absolute Gasteiger partial charge is 0.136 e. The second-order valence-electron chi connectivity index (χ2n) is 6.32. The second-order valence-corrected chi connectivity index (χ2v) is 6.32. The molecule has 0 saturated carbocycles. The molecule has 1 aliphatic heterocycles. The molecule has 4 rings (SSSR count). The molecular formula is C21H22N4O2. The maximum absolute atomic E-state index is 5.83. The van der Waals surface area contributed by atoms with Crippen molar-refractivity contribution in [1.29, 1.82) is 0 Å². The van der Waals surface area contributed by atoms with Crippen molar-refractivity contribution in [2.75, 3.05) is 36.5 Å². The molecule has 0 atom stereocenters. The van der Waals surface area contributed by atoms with E-state index in [9.17, 15) is 0 Å². The lowest BCUT2D eigenvalue weighted by Crippen LogP contribution is -2.36. The van der Waals surface area contributed by atoms with Crippen LogP contribution in [-0.4, -0.2) is 36.3 Å². The molecule has 0 unspecified atom stereocenters. The van der Waals surface area contributed by atoms with Crippen molar-refractivity contribution in [3.8, 4) is 11.5 Å². The van der Waals surface area contributed by atoms with Crippen LogP contribution in [0.4, 0.5) is 17.3 Å². The van der Waals surface area contributed by atoms with E-state index in [2.05, 4.69) is 20.2 Å². The van der Waals surface area contributed by atoms with Crippen LogP contribution in [0.5, 0.6) is 11.5 Å². The number of aryl methyl sites for hydroxylation is 1. The van der Waals surface area contributed by atoms with Gasteiger partial charge < -0.3 is 19.7 Å². The highest BCUT2D eigenvalue weighted by atomic mass is 16.5. The molecule has 2 heterocycles. The lowest BCUT2D eigenvalue weighted by atomic mass is 10.3. The Labute approximate surface area is 158 Å². The first-order chi connectivity index (χ1) is 13.3. The number of nitrogens with zero attached hydrogens (tertiary/aromatic N) is 3. The summed E-state index contributed by atoms with van der Waals surface area (Å²) < 4.78 is 11.2. The van der Waals surface area contributed by atoms with Gasteiger partial charge in [0, 0.05) is 24.8 Å². The minimum atomic E-state index is 0.731. The fourth-order valence-electron chi connectivity index (χ4n) is 2.95. The van der Waals surface area contributed by atoms with Crippen molar-refractivity contribution in [3.63, 3.8) is 0 Å². The standard InChI is InChI=1S/C21H22N4O2/c1-16-22-20(15-21(23-16)25-11-13-26-14-12-25)24-17-7-9-19(10-8-17)27-18-5-3-2-4-6-18/h2-10,15H,11-14H2,1H3,(H,22,23,24). The van der Waals surface area contributed by atoms with Gasteiger partial charge in [0.25, 0.3) is 0 Å². The third-order valence-electron chi connectivity index (χ3n) is 4.27. The molecular weight excluding hydrogens is 340 g/mol. The van der Waals surface area contributed by atoms with Crippen LogP contribution in [0.3, 0.4) is 0 Å². The van der Waals surface area contributed by atoms with Gasteiger partial charge in [-0.3, -0.25) is 0 Å². The highest BCUT2D eigenvalue weighted by Crippen LogP contribution is 2.25. The van der Waals surface area contributed by atoms with Crippen molar-refractivity contribution < 1.29 is 9.47 Å². The number of hydrogen-bond acceptors (Lipinski definition) is 6. The van der Waals surface area contributed by atoms with Gasteiger partial charge in [0.15, 0.2) is 0 Å². The summed E-state index contributed by atoms with van der Waals surface area (Å²) in [4.78, 5) is 11.3. The van der Waals surface area contributed by atoms with Crippen molar-refractivity contribution in [2.24, 2.45) is 0 Å². The number of hydrogen-bond donors (Lipinski definition) is 1. The number of nitrogens with one attached hydrogen (secondary N) is 1. The van der Waals surface area contributed by atoms with Gasteiger partial charge in [-0.15, -0.1) is 0 Å². The number of aromatic nitrogens is 2. The molecule has 6 heteroatoms. The van der Waals surface area contributed by atoms with E-state index in [4.69, 9.17) is 9.47 Å². The molecule has 3 aromatic rings. The predicted molar refractivity (Wildman–Crippen MR) is 106 cm³/mol. The van der Waals surface area contributed by atoms with Crippen LogP contribution in [0.15, 0.2) is 60.7 Å². The molecule has 0 radical (unpaired) electrons. The molecule has 2 aromatic carbocycles. The van der Waals surface area contributed by atoms with Gasteiger partial charge in [0.1, 0.15) is 29.0 Å². The number of ether oxygens (including phenoxy) is 2. The Hall–Kier alpha value is -3.12. The summed E-state index contributed by atoms with van der Waals surface area (Å²) in [6.07, 6.45) is 0. The predicted octanol–water partition coefficient (Wildman–Crippen LogP) is 4.16. The molecule has 1 N–H and O–H groups in total. The average Bonchev–Trinajstić information content (AvgIpc) is 2.71. The normalized spacial score (nSPS) is 14.0. The lowest BCUT2D eigenvalue weighted by Gasteiger charge is -2.28. The SMILES string of the molecule is Cc1nc(Nc2ccc(Oc3ccccc3)cc2)cc(N2CCOCC2)n1. The molecule has 27 heavy (non-hydrogen) atoms. The molecule has 1 aliphatic rings. The topological polar surface area (TPSA) is 59.5 Å². The summed E-state index contributed by atoms with van der Waals surface area (Å²) in [5, 5.41) is 3.35. The first-order valence-electron chi connectivity index (χ1n) is 9.05. The zero-order valence-corrected chi connectivity index (χ0v) is 15.3. The molecule has 1 fully saturated rings. The van der Waals surface area contributed by atoms with Crippen LogP contribution in [0.2, 0.25) is 0 Å². The number of rotatable bonds is 5. The van der Waals surface area contributed by atoms with Crippen LogP contribution in [0.25, 0.3) is 0 Å². The maximum atomic E-state index is 5.83. The summed E-state index contributed by atoms with van der Waals surface area (Å²) in [5.41, 5.74) is 0.946. The summed E-state index contributed by atoms with van der Waals surface area (Å²) in [6, 6.07) is 19.5. The minimum Gasteiger partial charge on any atom is -0.457 e. The Morgan fingerprint density at radius 1 is 0.926 bits per heavy atom. The third-order valence-corrected chi connectivity index (χ3v) is 4.27. The van der Waals surface area contributed by atoms with Gasteiger partial charge >= 0.3 is 0 Å². The quantitative estimate of drug-likeness (QED) is 0.735. The van der Waals surface area contributed by atoms with Crippen molar-refractivity contribution in [3.05, 3.63) is 66.5 Å². The Morgan fingerprint density at radius 3 is 2.37 bits per heavy atom. The van der Waals surface area contributed by atoms with Crippen LogP contribution in [0, 0.1) is 6.92 Å². The average molecular weight is 362 g/mol. The van der Waals surface area contributed by atoms with Gasteiger partial charge in [-0.1, -0.05) is 18.2 Å². The first kappa shape index (κ1) is 17.3. The largest absolute Gasteiger partial charge is 0.457 e. The molecule has 0 amide bonds. The van der Waals surface area contributed by atoms with E-state index in [-0.39, 0.29) is 0 Å². The van der Waals surface area contributed by atoms with E-state index < -0.39 is 0 Å². The van der Waals surface area contributed by atoms with Gasteiger partial charge in [0.05, 0.1) is 13.2 Å². The molecule has 0 spiro atoms. The number of morpholine rings is 1. The molecule has 1 aromatic heterocycles. The Morgan fingerprint density at radius 2 is 1.63 bits per heavy atom. The zero-order chi connectivity index (χ0) is 18.5. The summed E-state index contributed by atoms with van der Waals surface area (Å²) in [7, 11) is 0. The highest BCUT2D eigenvalue weighted by molar-refractivity contribution is 5.60. The lowest BCUT2D eigenvalue weighted by molar-refractivity contribution is 0.122. The zero-order valence-electron chi connectivity index (χ0n) is 15.3. The van der Waals surface area contributed by atoms with Crippen molar-refractivity contribution in [1.82, 2.24) is 9.97 Å². The fraction of sp³-hybridized carbons (Fsp3) is 0.238. The second kappa shape index (κ2) is 8.05. The Bertz CT molecular complexity index is 878. The first-order valence-corrected chi connectivity index (χ1v) is 9.05. The van der Waals surface area contributed by atoms with Gasteiger partial charge in [0.2, 0.25) is 0 Å². The number of benzene rings is 2. The van der Waals surface area contributed by atoms with Crippen molar-refractivity contribution >= 4 is 17.3 Å². The van der Waals surface area contributed by atoms with E-state index >= 15 is 0 Å². The Balaban J connectivity index is 1.46. The third kappa shape index (κ3) is 4.54. The van der Waals surface area contributed by atoms with Crippen LogP contribution < -0.4 is 15.0 Å². The minimum absolute atomic E-state index is 0.731. The Kier molecular flexibility index (Phi) is 5.16. The molecule has 138 valence electrons. The molecule has 0 aliphatic carbocycles. The number of anilines is 3. The molecule has 1 saturated heterocycles. The molecule has 6 nitrogen and oxygen atoms in total. The van der Waals surface area contributed by atoms with Gasteiger partial charge in [-0.2, -0.15) is 0 Å². The van der Waals surface area contributed by atoms with E-state index in [0.29, 0.717) is 0 Å². The van der Waals surface area contributed by atoms with Crippen molar-refractivity contribution in [2.45, 2.75) is 6.92 Å². The number of para-hydroxylation sites is 1. The molecule has 0 bridgehead atoms. The van der Waals surface area contributed by atoms with Crippen LogP contribution >= 0.6 is 0 Å². The summed E-state index contributed by atoms with van der Waals surface area (Å²) >= 11 is 0. The van der Waals surface area contributed by atoms with Crippen LogP contribution in [0.1, 0.15) is 5.82 Å². The van der Waals surface area contributed by atoms with E-state index in [1.807, 2.05) is 67.6 Å². The van der Waals surface area contributed by atoms with Gasteiger partial charge in [-0.25, -0.2) is 9.97 Å². The van der Waals surface area contributed by atoms with E-state index in [1.165, 1.54) is 0 Å². The van der Waals surface area contributed by atoms with Gasteiger partial charge in [-0.05, 0) is 43.3 Å². The van der Waals surface area contributed by atoms with E-state index in [0.717, 1.165) is 60.9 Å². The highest BCUT2D eigenvalue weighted by Gasteiger charge is 2.14. The fourth-order valence-corrected chi connectivity index (χ4v) is 2.95. The summed E-state index contributed by atoms with van der Waals surface area (Å²) in [6.45, 7) is 5.07. The van der Waals surface area contributed by atoms with Crippen LogP contribution in [-0.2, 0) is 4.74 Å². The maximum Gasteiger partial charge on any atom is 0.136 e. The van der Waals surface area contributed by atoms with E-state index in [1.54, 1.807) is 0 Å².